The molecule has 0 aliphatic heterocycles. The number of aryl methyl sites for hydroxylation is 1. The Kier molecular flexibility index (Phi) is 6.22. The lowest BCUT2D eigenvalue weighted by Gasteiger charge is -2.08. The van der Waals surface area contributed by atoms with E-state index in [0.29, 0.717) is 21.6 Å². The Hall–Kier alpha value is -2.98. The third-order valence-electron chi connectivity index (χ3n) is 3.54. The number of carbonyl (C=O) groups excluding carboxylic acids is 2. The van der Waals surface area contributed by atoms with Crippen LogP contribution >= 0.6 is 22.7 Å². The van der Waals surface area contributed by atoms with Crippen LogP contribution in [0.5, 0.6) is 11.5 Å². The molecule has 1 N–H and O–H groups in total. The standard InChI is InChI=1S/C18H17N3O5S2/c1-10-8-28-18(19-10)21-15(22)7-26-17(23)12-9-27-16(20-12)11-4-5-13(24-2)14(6-11)25-3/h4-6,8-9H,7H2,1-3H3,(H,19,21,22). The number of esters is 1. The van der Waals surface area contributed by atoms with E-state index in [9.17, 15) is 9.59 Å². The molecule has 2 aromatic heterocycles. The van der Waals surface area contributed by atoms with E-state index in [1.54, 1.807) is 31.7 Å². The summed E-state index contributed by atoms with van der Waals surface area (Å²) in [6.07, 6.45) is 0. The third kappa shape index (κ3) is 4.65. The van der Waals surface area contributed by atoms with Crippen LogP contribution in [0.2, 0.25) is 0 Å². The molecule has 3 aromatic rings. The van der Waals surface area contributed by atoms with Gasteiger partial charge in [0.1, 0.15) is 5.01 Å². The van der Waals surface area contributed by atoms with Gasteiger partial charge in [-0.05, 0) is 25.1 Å². The number of carbonyl (C=O) groups is 2. The topological polar surface area (TPSA) is 99.6 Å². The van der Waals surface area contributed by atoms with Crippen molar-refractivity contribution in [3.05, 3.63) is 40.3 Å². The van der Waals surface area contributed by atoms with Crippen molar-refractivity contribution in [2.24, 2.45) is 0 Å². The van der Waals surface area contributed by atoms with Crippen molar-refractivity contribution >= 4 is 39.7 Å². The van der Waals surface area contributed by atoms with E-state index in [1.165, 1.54) is 22.7 Å². The minimum Gasteiger partial charge on any atom is -0.493 e. The van der Waals surface area contributed by atoms with Crippen molar-refractivity contribution in [3.63, 3.8) is 0 Å². The molecule has 0 radical (unpaired) electrons. The number of thiazole rings is 2. The lowest BCUT2D eigenvalue weighted by Crippen LogP contribution is -2.21. The summed E-state index contributed by atoms with van der Waals surface area (Å²) in [5, 5.41) is 7.05. The van der Waals surface area contributed by atoms with Crippen LogP contribution in [0.3, 0.4) is 0 Å². The number of hydrogen-bond acceptors (Lipinski definition) is 9. The van der Waals surface area contributed by atoms with Crippen LogP contribution in [0.4, 0.5) is 5.13 Å². The van der Waals surface area contributed by atoms with Gasteiger partial charge in [0.05, 0.1) is 19.9 Å². The smallest absolute Gasteiger partial charge is 0.358 e. The predicted octanol–water partition coefficient (Wildman–Crippen LogP) is 3.39. The van der Waals surface area contributed by atoms with Gasteiger partial charge >= 0.3 is 5.97 Å². The van der Waals surface area contributed by atoms with Gasteiger partial charge in [0.2, 0.25) is 0 Å². The highest BCUT2D eigenvalue weighted by Crippen LogP contribution is 2.33. The lowest BCUT2D eigenvalue weighted by molar-refractivity contribution is -0.119. The van der Waals surface area contributed by atoms with Crippen molar-refractivity contribution in [2.75, 3.05) is 26.1 Å². The molecule has 0 fully saturated rings. The summed E-state index contributed by atoms with van der Waals surface area (Å²) in [5.74, 6) is 0.0313. The van der Waals surface area contributed by atoms with Crippen LogP contribution in [0.15, 0.2) is 29.0 Å². The first-order chi connectivity index (χ1) is 13.5. The Labute approximate surface area is 169 Å². The maximum atomic E-state index is 12.2. The fourth-order valence-electron chi connectivity index (χ4n) is 2.24. The number of nitrogens with zero attached hydrogens (tertiary/aromatic N) is 2. The highest BCUT2D eigenvalue weighted by atomic mass is 32.1. The van der Waals surface area contributed by atoms with Crippen molar-refractivity contribution in [1.29, 1.82) is 0 Å². The second kappa shape index (κ2) is 8.81. The third-order valence-corrected chi connectivity index (χ3v) is 5.31. The molecule has 1 amide bonds. The highest BCUT2D eigenvalue weighted by Gasteiger charge is 2.16. The van der Waals surface area contributed by atoms with Gasteiger partial charge in [-0.2, -0.15) is 0 Å². The fourth-order valence-corrected chi connectivity index (χ4v) is 3.73. The number of benzene rings is 1. The molecule has 3 rings (SSSR count). The summed E-state index contributed by atoms with van der Waals surface area (Å²) >= 11 is 2.59. The number of hydrogen-bond donors (Lipinski definition) is 1. The van der Waals surface area contributed by atoms with E-state index in [2.05, 4.69) is 15.3 Å². The van der Waals surface area contributed by atoms with E-state index in [-0.39, 0.29) is 5.69 Å². The van der Waals surface area contributed by atoms with Gasteiger partial charge in [-0.25, -0.2) is 14.8 Å². The number of aromatic nitrogens is 2. The average Bonchev–Trinajstić information content (AvgIpc) is 3.35. The largest absolute Gasteiger partial charge is 0.493 e. The molecular weight excluding hydrogens is 402 g/mol. The fraction of sp³-hybridized carbons (Fsp3) is 0.222. The zero-order chi connectivity index (χ0) is 20.1. The average molecular weight is 419 g/mol. The van der Waals surface area contributed by atoms with Crippen LogP contribution in [0.1, 0.15) is 16.2 Å². The number of methoxy groups -OCH3 is 2. The van der Waals surface area contributed by atoms with E-state index >= 15 is 0 Å². The summed E-state index contributed by atoms with van der Waals surface area (Å²) in [6, 6.07) is 5.35. The summed E-state index contributed by atoms with van der Waals surface area (Å²) in [4.78, 5) is 32.4. The first kappa shape index (κ1) is 19.8. The van der Waals surface area contributed by atoms with Crippen LogP contribution in [-0.4, -0.2) is 42.7 Å². The molecule has 8 nitrogen and oxygen atoms in total. The highest BCUT2D eigenvalue weighted by molar-refractivity contribution is 7.14. The maximum Gasteiger partial charge on any atom is 0.358 e. The Morgan fingerprint density at radius 1 is 1.07 bits per heavy atom. The minimum absolute atomic E-state index is 0.132. The van der Waals surface area contributed by atoms with E-state index in [4.69, 9.17) is 14.2 Å². The van der Waals surface area contributed by atoms with Gasteiger partial charge in [0, 0.05) is 16.3 Å². The van der Waals surface area contributed by atoms with Gasteiger partial charge in [0.25, 0.3) is 5.91 Å². The molecule has 2 heterocycles. The molecular formula is C18H17N3O5S2. The molecule has 1 aromatic carbocycles. The van der Waals surface area contributed by atoms with Gasteiger partial charge in [-0.3, -0.25) is 10.1 Å². The molecule has 0 aliphatic carbocycles. The Balaban J connectivity index is 1.61. The van der Waals surface area contributed by atoms with E-state index in [0.717, 1.165) is 11.3 Å². The van der Waals surface area contributed by atoms with Crippen molar-refractivity contribution in [2.45, 2.75) is 6.92 Å². The molecule has 0 saturated heterocycles. The number of rotatable bonds is 7. The van der Waals surface area contributed by atoms with Gasteiger partial charge in [0.15, 0.2) is 28.9 Å². The second-order valence-electron chi connectivity index (χ2n) is 5.53. The molecule has 146 valence electrons. The molecule has 10 heteroatoms. The Bertz CT molecular complexity index is 999. The molecule has 0 atom stereocenters. The minimum atomic E-state index is -0.673. The van der Waals surface area contributed by atoms with Crippen molar-refractivity contribution < 1.29 is 23.8 Å². The van der Waals surface area contributed by atoms with E-state index < -0.39 is 18.5 Å². The predicted molar refractivity (Wildman–Crippen MR) is 106 cm³/mol. The second-order valence-corrected chi connectivity index (χ2v) is 7.24. The SMILES string of the molecule is COc1ccc(-c2nc(C(=O)OCC(=O)Nc3nc(C)cs3)cs2)cc1OC. The van der Waals surface area contributed by atoms with Crippen LogP contribution < -0.4 is 14.8 Å². The van der Waals surface area contributed by atoms with Gasteiger partial charge in [-0.15, -0.1) is 22.7 Å². The monoisotopic (exact) mass is 419 g/mol. The zero-order valence-electron chi connectivity index (χ0n) is 15.3. The first-order valence-electron chi connectivity index (χ1n) is 8.07. The van der Waals surface area contributed by atoms with Crippen LogP contribution in [0, 0.1) is 6.92 Å². The van der Waals surface area contributed by atoms with Crippen LogP contribution in [0.25, 0.3) is 10.6 Å². The molecule has 0 bridgehead atoms. The summed E-state index contributed by atoms with van der Waals surface area (Å²) in [6.45, 7) is 1.41. The lowest BCUT2D eigenvalue weighted by atomic mass is 10.2. The Morgan fingerprint density at radius 2 is 1.86 bits per heavy atom. The summed E-state index contributed by atoms with van der Waals surface area (Å²) in [7, 11) is 3.10. The van der Waals surface area contributed by atoms with Gasteiger partial charge < -0.3 is 14.2 Å². The first-order valence-corrected chi connectivity index (χ1v) is 9.83. The summed E-state index contributed by atoms with van der Waals surface area (Å²) < 4.78 is 15.5. The van der Waals surface area contributed by atoms with E-state index in [1.807, 2.05) is 18.4 Å². The molecule has 0 saturated carbocycles. The number of anilines is 1. The summed E-state index contributed by atoms with van der Waals surface area (Å²) in [5.41, 5.74) is 1.72. The maximum absolute atomic E-state index is 12.2. The van der Waals surface area contributed by atoms with Crippen molar-refractivity contribution in [3.8, 4) is 22.1 Å². The molecule has 0 aliphatic rings. The molecule has 0 unspecified atom stereocenters. The van der Waals surface area contributed by atoms with Gasteiger partial charge in [-0.1, -0.05) is 0 Å². The van der Waals surface area contributed by atoms with Crippen molar-refractivity contribution in [1.82, 2.24) is 9.97 Å². The van der Waals surface area contributed by atoms with Crippen LogP contribution in [-0.2, 0) is 9.53 Å². The molecule has 0 spiro atoms. The normalized spacial score (nSPS) is 10.4. The number of ether oxygens (including phenoxy) is 3. The number of amides is 1. The Morgan fingerprint density at radius 3 is 2.54 bits per heavy atom. The molecule has 28 heavy (non-hydrogen) atoms. The number of nitrogens with one attached hydrogen (secondary N) is 1. The quantitative estimate of drug-likeness (QED) is 0.586. The zero-order valence-corrected chi connectivity index (χ0v) is 17.0.